The highest BCUT2D eigenvalue weighted by molar-refractivity contribution is 5.98. The second kappa shape index (κ2) is 9.77. The lowest BCUT2D eigenvalue weighted by Crippen LogP contribution is -2.66. The van der Waals surface area contributed by atoms with Crippen molar-refractivity contribution >= 4 is 11.9 Å². The fourth-order valence-corrected chi connectivity index (χ4v) is 7.51. The number of esters is 2. The maximum absolute atomic E-state index is 12.6. The highest BCUT2D eigenvalue weighted by Crippen LogP contribution is 2.61. The predicted molar refractivity (Wildman–Crippen MR) is 137 cm³/mol. The summed E-state index contributed by atoms with van der Waals surface area (Å²) < 4.78 is 23.3. The Bertz CT molecular complexity index is 1070. The molecule has 3 aliphatic rings. The molecule has 0 amide bonds. The van der Waals surface area contributed by atoms with Crippen molar-refractivity contribution in [3.05, 3.63) is 22.3 Å². The number of aliphatic hydroxyl groups excluding tert-OH is 1. The average Bonchev–Trinajstić information content (AvgIpc) is 3.18. The third-order valence-corrected chi connectivity index (χ3v) is 9.00. The van der Waals surface area contributed by atoms with Gasteiger partial charge < -0.3 is 29.2 Å². The quantitative estimate of drug-likeness (QED) is 0.388. The zero-order chi connectivity index (χ0) is 27.3. The molecule has 0 bridgehead atoms. The number of benzene rings is 1. The summed E-state index contributed by atoms with van der Waals surface area (Å²) in [6.45, 7) is 12.0. The molecule has 0 saturated heterocycles. The van der Waals surface area contributed by atoms with E-state index in [2.05, 4.69) is 0 Å². The average molecular weight is 519 g/mol. The number of methoxy groups -OCH3 is 1. The molecule has 0 radical (unpaired) electrons. The lowest BCUT2D eigenvalue weighted by atomic mass is 9.48. The number of fused-ring (bicyclic) bond motifs is 3. The molecular formula is C29H42O8. The number of cyclic esters (lactones) is 1. The zero-order valence-corrected chi connectivity index (χ0v) is 23.2. The number of rotatable bonds is 8. The molecule has 5 atom stereocenters. The van der Waals surface area contributed by atoms with Gasteiger partial charge in [0.2, 0.25) is 0 Å². The molecule has 0 unspecified atom stereocenters. The minimum atomic E-state index is -1.20. The summed E-state index contributed by atoms with van der Waals surface area (Å²) >= 11 is 0. The second-order valence-corrected chi connectivity index (χ2v) is 12.0. The van der Waals surface area contributed by atoms with Gasteiger partial charge in [-0.15, -0.1) is 0 Å². The number of ether oxygens (including phenoxy) is 4. The Labute approximate surface area is 219 Å². The van der Waals surface area contributed by atoms with Gasteiger partial charge in [-0.1, -0.05) is 20.3 Å². The van der Waals surface area contributed by atoms with Gasteiger partial charge in [0.1, 0.15) is 29.3 Å². The van der Waals surface area contributed by atoms with Crippen LogP contribution in [0.5, 0.6) is 11.5 Å². The van der Waals surface area contributed by atoms with E-state index in [0.29, 0.717) is 42.9 Å². The van der Waals surface area contributed by atoms with Crippen molar-refractivity contribution < 1.29 is 38.7 Å². The molecule has 206 valence electrons. The van der Waals surface area contributed by atoms with Crippen LogP contribution >= 0.6 is 0 Å². The first-order valence-corrected chi connectivity index (χ1v) is 13.4. The minimum Gasteiger partial charge on any atom is -0.495 e. The van der Waals surface area contributed by atoms with Crippen molar-refractivity contribution in [3.63, 3.8) is 0 Å². The number of hydrogen-bond acceptors (Lipinski definition) is 8. The van der Waals surface area contributed by atoms with Crippen LogP contribution in [-0.4, -0.2) is 53.2 Å². The predicted octanol–water partition coefficient (Wildman–Crippen LogP) is 4.27. The highest BCUT2D eigenvalue weighted by Gasteiger charge is 2.63. The molecule has 8 nitrogen and oxygen atoms in total. The molecule has 4 rings (SSSR count). The van der Waals surface area contributed by atoms with Crippen LogP contribution in [0.2, 0.25) is 0 Å². The van der Waals surface area contributed by atoms with E-state index >= 15 is 0 Å². The van der Waals surface area contributed by atoms with Crippen molar-refractivity contribution in [3.8, 4) is 11.5 Å². The molecule has 2 aliphatic heterocycles. The maximum atomic E-state index is 12.6. The van der Waals surface area contributed by atoms with Gasteiger partial charge in [-0.2, -0.15) is 0 Å². The normalized spacial score (nSPS) is 30.5. The van der Waals surface area contributed by atoms with Crippen molar-refractivity contribution in [2.45, 2.75) is 104 Å². The van der Waals surface area contributed by atoms with Crippen LogP contribution in [0, 0.1) is 24.2 Å². The summed E-state index contributed by atoms with van der Waals surface area (Å²) in [5.74, 6) is -0.248. The summed E-state index contributed by atoms with van der Waals surface area (Å²) in [5, 5.41) is 22.7. The zero-order valence-electron chi connectivity index (χ0n) is 23.2. The van der Waals surface area contributed by atoms with Crippen LogP contribution < -0.4 is 9.47 Å². The lowest BCUT2D eigenvalue weighted by molar-refractivity contribution is -0.213. The van der Waals surface area contributed by atoms with E-state index in [1.54, 1.807) is 21.0 Å². The Balaban J connectivity index is 1.79. The number of carbonyl (C=O) groups excluding carboxylic acids is 2. The second-order valence-electron chi connectivity index (χ2n) is 12.0. The Morgan fingerprint density at radius 1 is 1.24 bits per heavy atom. The molecule has 1 aromatic carbocycles. The largest absolute Gasteiger partial charge is 0.495 e. The van der Waals surface area contributed by atoms with Crippen LogP contribution in [0.4, 0.5) is 0 Å². The molecule has 1 saturated carbocycles. The third-order valence-electron chi connectivity index (χ3n) is 9.00. The summed E-state index contributed by atoms with van der Waals surface area (Å²) in [5.41, 5.74) is 0.198. The first kappa shape index (κ1) is 27.7. The van der Waals surface area contributed by atoms with Gasteiger partial charge in [-0.25, -0.2) is 4.79 Å². The van der Waals surface area contributed by atoms with Crippen molar-refractivity contribution in [1.82, 2.24) is 0 Å². The number of carbonyl (C=O) groups is 2. The maximum Gasteiger partial charge on any atom is 0.342 e. The standard InChI is InChI=1S/C29H42O8/c1-8-9-12-35-21(31)10-11-28(5)20-13-17-23(16(2)18-15-36-26(32)22(18)24(17)34-7)37-29(20,6)14-19(30)25(28)27(3,4)33/h19-20,25,30,33H,8-15H2,1-7H3/t19-,20-,25+,28-,29+/m1/s1. The first-order valence-electron chi connectivity index (χ1n) is 13.4. The first-order chi connectivity index (χ1) is 17.3. The topological polar surface area (TPSA) is 112 Å². The van der Waals surface area contributed by atoms with E-state index < -0.39 is 34.6 Å². The van der Waals surface area contributed by atoms with Crippen molar-refractivity contribution in [2.75, 3.05) is 13.7 Å². The number of hydrogen-bond donors (Lipinski definition) is 2. The fourth-order valence-electron chi connectivity index (χ4n) is 7.51. The van der Waals surface area contributed by atoms with Crippen LogP contribution in [0.15, 0.2) is 0 Å². The van der Waals surface area contributed by atoms with Crippen LogP contribution in [0.25, 0.3) is 0 Å². The van der Waals surface area contributed by atoms with Gasteiger partial charge in [-0.05, 0) is 57.9 Å². The summed E-state index contributed by atoms with van der Waals surface area (Å²) in [6, 6.07) is 0. The minimum absolute atomic E-state index is 0.172. The van der Waals surface area contributed by atoms with Crippen LogP contribution in [-0.2, 0) is 27.3 Å². The Morgan fingerprint density at radius 3 is 2.57 bits per heavy atom. The fraction of sp³-hybridized carbons (Fsp3) is 0.724. The van der Waals surface area contributed by atoms with Gasteiger partial charge in [-0.3, -0.25) is 4.79 Å². The third kappa shape index (κ3) is 4.60. The lowest BCUT2D eigenvalue weighted by Gasteiger charge is -2.61. The van der Waals surface area contributed by atoms with E-state index in [-0.39, 0.29) is 24.9 Å². The van der Waals surface area contributed by atoms with Crippen LogP contribution in [0.3, 0.4) is 0 Å². The molecule has 8 heteroatoms. The molecule has 37 heavy (non-hydrogen) atoms. The molecular weight excluding hydrogens is 476 g/mol. The van der Waals surface area contributed by atoms with E-state index in [0.717, 1.165) is 29.5 Å². The van der Waals surface area contributed by atoms with E-state index in [1.807, 2.05) is 27.7 Å². The van der Waals surface area contributed by atoms with Gasteiger partial charge in [0.15, 0.2) is 0 Å². The van der Waals surface area contributed by atoms with Crippen molar-refractivity contribution in [1.29, 1.82) is 0 Å². The Morgan fingerprint density at radius 2 is 1.95 bits per heavy atom. The van der Waals surface area contributed by atoms with Crippen molar-refractivity contribution in [2.24, 2.45) is 17.3 Å². The number of unbranched alkanes of at least 4 members (excludes halogenated alkanes) is 1. The van der Waals surface area contributed by atoms with Gasteiger partial charge >= 0.3 is 11.9 Å². The molecule has 2 N–H and O–H groups in total. The number of aliphatic hydroxyl groups is 2. The van der Waals surface area contributed by atoms with Gasteiger partial charge in [0.05, 0.1) is 25.4 Å². The van der Waals surface area contributed by atoms with Gasteiger partial charge in [0, 0.05) is 35.8 Å². The summed E-state index contributed by atoms with van der Waals surface area (Å²) in [4.78, 5) is 25.2. The van der Waals surface area contributed by atoms with Crippen LogP contribution in [0.1, 0.15) is 93.8 Å². The molecule has 2 heterocycles. The van der Waals surface area contributed by atoms with E-state index in [9.17, 15) is 19.8 Å². The monoisotopic (exact) mass is 518 g/mol. The molecule has 1 fully saturated rings. The van der Waals surface area contributed by atoms with E-state index in [4.69, 9.17) is 18.9 Å². The van der Waals surface area contributed by atoms with E-state index in [1.165, 1.54) is 0 Å². The summed E-state index contributed by atoms with van der Waals surface area (Å²) in [6.07, 6.45) is 2.33. The molecule has 0 aromatic heterocycles. The Kier molecular flexibility index (Phi) is 7.32. The molecule has 0 spiro atoms. The smallest absolute Gasteiger partial charge is 0.342 e. The summed E-state index contributed by atoms with van der Waals surface area (Å²) in [7, 11) is 1.54. The molecule has 1 aromatic rings. The highest BCUT2D eigenvalue weighted by atomic mass is 16.5. The van der Waals surface area contributed by atoms with Gasteiger partial charge in [0.25, 0.3) is 0 Å². The molecule has 1 aliphatic carbocycles. The Hall–Kier alpha value is -2.32. The SMILES string of the molecule is CCCCOC(=O)CC[C@]1(C)[C@H]2Cc3c(c(C)c4c(c3OC)C(=O)OC4)O[C@@]2(C)C[C@@H](O)[C@H]1C(C)(C)O.